The van der Waals surface area contributed by atoms with Crippen LogP contribution in [-0.4, -0.2) is 4.83 Å². The van der Waals surface area contributed by atoms with E-state index >= 15 is 0 Å². The van der Waals surface area contributed by atoms with Gasteiger partial charge in [-0.15, -0.1) is 0 Å². The van der Waals surface area contributed by atoms with E-state index < -0.39 is 0 Å². The molecule has 0 heterocycles. The maximum absolute atomic E-state index is 3.87. The van der Waals surface area contributed by atoms with Gasteiger partial charge in [0.15, 0.2) is 0 Å². The first-order chi connectivity index (χ1) is 8.84. The summed E-state index contributed by atoms with van der Waals surface area (Å²) >= 11 is 3.87. The van der Waals surface area contributed by atoms with Crippen LogP contribution in [0.15, 0.2) is 24.3 Å². The van der Waals surface area contributed by atoms with E-state index in [0.29, 0.717) is 0 Å². The summed E-state index contributed by atoms with van der Waals surface area (Å²) in [5, 5.41) is 0. The molecule has 2 saturated carbocycles. The predicted octanol–water partition coefficient (Wildman–Crippen LogP) is 5.77. The summed E-state index contributed by atoms with van der Waals surface area (Å²) in [5.41, 5.74) is 3.35. The number of halogens is 1. The van der Waals surface area contributed by atoms with Crippen molar-refractivity contribution in [1.29, 1.82) is 0 Å². The number of alkyl halides is 1. The quantitative estimate of drug-likeness (QED) is 0.481. The molecule has 18 heavy (non-hydrogen) atoms. The average molecular weight is 307 g/mol. The van der Waals surface area contributed by atoms with Gasteiger partial charge in [-0.3, -0.25) is 0 Å². The van der Waals surface area contributed by atoms with Gasteiger partial charge < -0.3 is 0 Å². The van der Waals surface area contributed by atoms with E-state index in [-0.39, 0.29) is 0 Å². The summed E-state index contributed by atoms with van der Waals surface area (Å²) in [6.45, 7) is 0. The fourth-order valence-corrected chi connectivity index (χ4v) is 4.33. The third-order valence-electron chi connectivity index (χ3n) is 4.84. The highest BCUT2D eigenvalue weighted by Crippen LogP contribution is 2.43. The lowest BCUT2D eigenvalue weighted by atomic mass is 9.75. The second kappa shape index (κ2) is 5.77. The Bertz CT molecular complexity index is 394. The second-order valence-electron chi connectivity index (χ2n) is 6.07. The molecule has 1 aromatic carbocycles. The first-order valence-corrected chi connectivity index (χ1v) is 8.49. The highest BCUT2D eigenvalue weighted by molar-refractivity contribution is 9.09. The molecule has 0 N–H and O–H groups in total. The molecule has 2 atom stereocenters. The Morgan fingerprint density at radius 2 is 1.39 bits per heavy atom. The Labute approximate surface area is 119 Å². The molecule has 2 aliphatic carbocycles. The van der Waals surface area contributed by atoms with Crippen LogP contribution < -0.4 is 0 Å². The summed E-state index contributed by atoms with van der Waals surface area (Å²) in [6.07, 6.45) is 11.2. The van der Waals surface area contributed by atoms with E-state index in [1.807, 2.05) is 0 Å². The van der Waals surface area contributed by atoms with E-state index in [0.717, 1.165) is 16.7 Å². The van der Waals surface area contributed by atoms with Crippen LogP contribution in [-0.2, 0) is 0 Å². The smallest absolute Gasteiger partial charge is 0.0151 e. The topological polar surface area (TPSA) is 0 Å². The van der Waals surface area contributed by atoms with E-state index in [9.17, 15) is 0 Å². The third-order valence-corrected chi connectivity index (χ3v) is 5.67. The Morgan fingerprint density at radius 1 is 0.778 bits per heavy atom. The van der Waals surface area contributed by atoms with E-state index in [4.69, 9.17) is 0 Å². The monoisotopic (exact) mass is 306 g/mol. The van der Waals surface area contributed by atoms with Crippen LogP contribution in [0.4, 0.5) is 0 Å². The SMILES string of the molecule is BrC1CCCCC(c2ccccc2C2CCC2)C1. The van der Waals surface area contributed by atoms with Gasteiger partial charge in [-0.05, 0) is 55.1 Å². The van der Waals surface area contributed by atoms with E-state index in [1.54, 1.807) is 11.1 Å². The van der Waals surface area contributed by atoms with Gasteiger partial charge in [-0.25, -0.2) is 0 Å². The van der Waals surface area contributed by atoms with Crippen LogP contribution in [0.1, 0.15) is 74.3 Å². The van der Waals surface area contributed by atoms with Gasteiger partial charge >= 0.3 is 0 Å². The van der Waals surface area contributed by atoms with Crippen molar-refractivity contribution in [3.63, 3.8) is 0 Å². The Balaban J connectivity index is 1.85. The normalized spacial score (nSPS) is 29.6. The lowest BCUT2D eigenvalue weighted by molar-refractivity contribution is 0.413. The zero-order valence-electron chi connectivity index (χ0n) is 11.1. The molecule has 0 amide bonds. The Hall–Kier alpha value is -0.300. The largest absolute Gasteiger partial charge is 0.0890 e. The van der Waals surface area contributed by atoms with Crippen molar-refractivity contribution in [2.24, 2.45) is 0 Å². The zero-order chi connectivity index (χ0) is 12.4. The van der Waals surface area contributed by atoms with Crippen LogP contribution in [0, 0.1) is 0 Å². The van der Waals surface area contributed by atoms with Crippen molar-refractivity contribution in [2.45, 2.75) is 68.0 Å². The van der Waals surface area contributed by atoms with Gasteiger partial charge in [0.1, 0.15) is 0 Å². The van der Waals surface area contributed by atoms with Gasteiger partial charge in [0.25, 0.3) is 0 Å². The van der Waals surface area contributed by atoms with Crippen LogP contribution in [0.2, 0.25) is 0 Å². The molecular formula is C17H23Br. The minimum atomic E-state index is 0.736. The molecule has 3 rings (SSSR count). The van der Waals surface area contributed by atoms with Crippen LogP contribution >= 0.6 is 15.9 Å². The van der Waals surface area contributed by atoms with Crippen molar-refractivity contribution in [2.75, 3.05) is 0 Å². The summed E-state index contributed by atoms with van der Waals surface area (Å²) in [6, 6.07) is 9.28. The fourth-order valence-electron chi connectivity index (χ4n) is 3.56. The number of hydrogen-bond acceptors (Lipinski definition) is 0. The fraction of sp³-hybridized carbons (Fsp3) is 0.647. The van der Waals surface area contributed by atoms with E-state index in [2.05, 4.69) is 40.2 Å². The standard InChI is InChI=1S/C17H23Br/c18-15-9-2-1-6-14(12-15)17-11-4-3-10-16(17)13-7-5-8-13/h3-4,10-11,13-15H,1-2,5-9,12H2. The molecule has 0 saturated heterocycles. The molecule has 98 valence electrons. The van der Waals surface area contributed by atoms with Crippen molar-refractivity contribution in [1.82, 2.24) is 0 Å². The molecule has 0 spiro atoms. The van der Waals surface area contributed by atoms with Gasteiger partial charge in [0.05, 0.1) is 0 Å². The molecule has 0 bridgehead atoms. The maximum atomic E-state index is 3.87. The molecule has 0 radical (unpaired) electrons. The average Bonchev–Trinajstić information content (AvgIpc) is 2.52. The zero-order valence-corrected chi connectivity index (χ0v) is 12.7. The molecule has 2 unspecified atom stereocenters. The third kappa shape index (κ3) is 2.66. The van der Waals surface area contributed by atoms with Crippen molar-refractivity contribution in [3.8, 4) is 0 Å². The summed E-state index contributed by atoms with van der Waals surface area (Å²) in [4.78, 5) is 0.736. The van der Waals surface area contributed by atoms with Gasteiger partial charge in [0.2, 0.25) is 0 Å². The lowest BCUT2D eigenvalue weighted by Crippen LogP contribution is -2.14. The Morgan fingerprint density at radius 3 is 2.06 bits per heavy atom. The first kappa shape index (κ1) is 12.7. The van der Waals surface area contributed by atoms with Crippen molar-refractivity contribution < 1.29 is 0 Å². The first-order valence-electron chi connectivity index (χ1n) is 7.57. The van der Waals surface area contributed by atoms with Crippen molar-refractivity contribution >= 4 is 15.9 Å². The lowest BCUT2D eigenvalue weighted by Gasteiger charge is -2.30. The minimum absolute atomic E-state index is 0.736. The number of benzene rings is 1. The molecular weight excluding hydrogens is 284 g/mol. The second-order valence-corrected chi connectivity index (χ2v) is 7.37. The van der Waals surface area contributed by atoms with Crippen LogP contribution in [0.25, 0.3) is 0 Å². The molecule has 1 aromatic rings. The Kier molecular flexibility index (Phi) is 4.08. The summed E-state index contributed by atoms with van der Waals surface area (Å²) in [5.74, 6) is 1.67. The summed E-state index contributed by atoms with van der Waals surface area (Å²) in [7, 11) is 0. The highest BCUT2D eigenvalue weighted by Gasteiger charge is 2.26. The van der Waals surface area contributed by atoms with Crippen molar-refractivity contribution in [3.05, 3.63) is 35.4 Å². The number of rotatable bonds is 2. The van der Waals surface area contributed by atoms with Crippen LogP contribution in [0.3, 0.4) is 0 Å². The molecule has 0 nitrogen and oxygen atoms in total. The highest BCUT2D eigenvalue weighted by atomic mass is 79.9. The van der Waals surface area contributed by atoms with Crippen LogP contribution in [0.5, 0.6) is 0 Å². The molecule has 0 aliphatic heterocycles. The molecule has 2 aliphatic rings. The summed E-state index contributed by atoms with van der Waals surface area (Å²) < 4.78 is 0. The molecule has 2 fully saturated rings. The maximum Gasteiger partial charge on any atom is 0.0151 e. The number of hydrogen-bond donors (Lipinski definition) is 0. The molecule has 1 heteroatoms. The predicted molar refractivity (Wildman–Crippen MR) is 81.6 cm³/mol. The van der Waals surface area contributed by atoms with Gasteiger partial charge in [-0.1, -0.05) is 59.5 Å². The van der Waals surface area contributed by atoms with Gasteiger partial charge in [0, 0.05) is 4.83 Å². The minimum Gasteiger partial charge on any atom is -0.0890 e. The molecule has 0 aromatic heterocycles. The van der Waals surface area contributed by atoms with Gasteiger partial charge in [-0.2, -0.15) is 0 Å². The van der Waals surface area contributed by atoms with E-state index in [1.165, 1.54) is 51.4 Å².